The highest BCUT2D eigenvalue weighted by Crippen LogP contribution is 2.21. The molecule has 2 nitrogen and oxygen atoms in total. The van der Waals surface area contributed by atoms with E-state index in [0.717, 1.165) is 30.7 Å². The highest BCUT2D eigenvalue weighted by atomic mass is 79.9. The summed E-state index contributed by atoms with van der Waals surface area (Å²) in [6, 6.07) is 6.48. The van der Waals surface area contributed by atoms with E-state index in [-0.39, 0.29) is 0 Å². The van der Waals surface area contributed by atoms with Crippen LogP contribution >= 0.6 is 15.9 Å². The number of anilines is 1. The number of hydrogen-bond donors (Lipinski definition) is 1. The Morgan fingerprint density at radius 3 is 2.55 bits per heavy atom. The van der Waals surface area contributed by atoms with E-state index >= 15 is 0 Å². The van der Waals surface area contributed by atoms with Gasteiger partial charge in [0.2, 0.25) is 0 Å². The summed E-state index contributed by atoms with van der Waals surface area (Å²) in [6.07, 6.45) is 7.42. The quantitative estimate of drug-likeness (QED) is 0.543. The van der Waals surface area contributed by atoms with Crippen molar-refractivity contribution in [2.45, 2.75) is 52.4 Å². The van der Waals surface area contributed by atoms with E-state index in [0.29, 0.717) is 0 Å². The minimum absolute atomic E-state index is 0.844. The van der Waals surface area contributed by atoms with Gasteiger partial charge < -0.3 is 10.1 Å². The molecule has 0 spiro atoms. The van der Waals surface area contributed by atoms with Crippen LogP contribution in [-0.2, 0) is 11.2 Å². The molecule has 0 aliphatic heterocycles. The molecule has 0 saturated heterocycles. The molecule has 0 saturated carbocycles. The standard InChI is InChI=1S/C17H28BrNO/c1-3-15-14-16(18)10-11-17(15)19-12-8-6-5-7-9-13-20-4-2/h10-11,14,19H,3-9,12-13H2,1-2H3. The lowest BCUT2D eigenvalue weighted by Crippen LogP contribution is -2.04. The summed E-state index contributed by atoms with van der Waals surface area (Å²) in [5.41, 5.74) is 2.67. The average molecular weight is 342 g/mol. The number of unbranched alkanes of at least 4 members (excludes halogenated alkanes) is 4. The van der Waals surface area contributed by atoms with Crippen LogP contribution in [0.3, 0.4) is 0 Å². The fourth-order valence-corrected chi connectivity index (χ4v) is 2.66. The Balaban J connectivity index is 2.09. The van der Waals surface area contributed by atoms with Crippen molar-refractivity contribution in [3.05, 3.63) is 28.2 Å². The zero-order valence-electron chi connectivity index (χ0n) is 12.9. The van der Waals surface area contributed by atoms with Gasteiger partial charge in [0, 0.05) is 29.9 Å². The number of halogens is 1. The molecule has 1 aromatic rings. The summed E-state index contributed by atoms with van der Waals surface area (Å²) in [5.74, 6) is 0. The molecule has 1 rings (SSSR count). The second-order valence-corrected chi connectivity index (χ2v) is 5.96. The maximum atomic E-state index is 5.34. The Labute approximate surface area is 132 Å². The predicted octanol–water partition coefficient (Wildman–Crippen LogP) is 5.41. The molecule has 0 unspecified atom stereocenters. The zero-order valence-corrected chi connectivity index (χ0v) is 14.5. The third-order valence-corrected chi connectivity index (χ3v) is 3.93. The smallest absolute Gasteiger partial charge is 0.0465 e. The molecule has 0 radical (unpaired) electrons. The van der Waals surface area contributed by atoms with Crippen LogP contribution in [0.25, 0.3) is 0 Å². The molecular weight excluding hydrogens is 314 g/mol. The molecule has 0 atom stereocenters. The zero-order chi connectivity index (χ0) is 14.6. The van der Waals surface area contributed by atoms with E-state index in [4.69, 9.17) is 4.74 Å². The molecule has 3 heteroatoms. The molecular formula is C17H28BrNO. The van der Waals surface area contributed by atoms with Crippen LogP contribution in [0.5, 0.6) is 0 Å². The Bertz CT molecular complexity index is 368. The molecule has 1 N–H and O–H groups in total. The lowest BCUT2D eigenvalue weighted by atomic mass is 10.1. The third-order valence-electron chi connectivity index (χ3n) is 3.43. The van der Waals surface area contributed by atoms with E-state index in [9.17, 15) is 0 Å². The highest BCUT2D eigenvalue weighted by molar-refractivity contribution is 9.10. The van der Waals surface area contributed by atoms with Gasteiger partial charge in [-0.3, -0.25) is 0 Å². The number of benzene rings is 1. The minimum atomic E-state index is 0.844. The summed E-state index contributed by atoms with van der Waals surface area (Å²) in [7, 11) is 0. The van der Waals surface area contributed by atoms with Crippen molar-refractivity contribution in [2.24, 2.45) is 0 Å². The summed E-state index contributed by atoms with van der Waals surface area (Å²) in [6.45, 7) is 7.09. The van der Waals surface area contributed by atoms with Crippen molar-refractivity contribution in [2.75, 3.05) is 25.1 Å². The molecule has 0 aliphatic rings. The SMILES string of the molecule is CCOCCCCCCCNc1ccc(Br)cc1CC. The van der Waals surface area contributed by atoms with Gasteiger partial charge in [0.15, 0.2) is 0 Å². The first-order chi connectivity index (χ1) is 9.77. The predicted molar refractivity (Wildman–Crippen MR) is 91.6 cm³/mol. The van der Waals surface area contributed by atoms with Gasteiger partial charge in [0.25, 0.3) is 0 Å². The van der Waals surface area contributed by atoms with E-state index in [2.05, 4.69) is 53.3 Å². The number of rotatable bonds is 11. The van der Waals surface area contributed by atoms with Crippen LogP contribution in [0.15, 0.2) is 22.7 Å². The average Bonchev–Trinajstić information content (AvgIpc) is 2.46. The number of hydrogen-bond acceptors (Lipinski definition) is 2. The Hall–Kier alpha value is -0.540. The molecule has 0 fully saturated rings. The fourth-order valence-electron chi connectivity index (χ4n) is 2.25. The van der Waals surface area contributed by atoms with E-state index in [1.54, 1.807) is 0 Å². The number of nitrogens with one attached hydrogen (secondary N) is 1. The van der Waals surface area contributed by atoms with Gasteiger partial charge >= 0.3 is 0 Å². The topological polar surface area (TPSA) is 21.3 Å². The number of aryl methyl sites for hydroxylation is 1. The lowest BCUT2D eigenvalue weighted by Gasteiger charge is -2.11. The van der Waals surface area contributed by atoms with Gasteiger partial charge in [0.1, 0.15) is 0 Å². The summed E-state index contributed by atoms with van der Waals surface area (Å²) in [4.78, 5) is 0. The number of ether oxygens (including phenoxy) is 1. The van der Waals surface area contributed by atoms with E-state index in [1.165, 1.54) is 43.4 Å². The maximum Gasteiger partial charge on any atom is 0.0465 e. The molecule has 20 heavy (non-hydrogen) atoms. The van der Waals surface area contributed by atoms with Gasteiger partial charge in [0.05, 0.1) is 0 Å². The van der Waals surface area contributed by atoms with Gasteiger partial charge in [-0.1, -0.05) is 42.1 Å². The first-order valence-corrected chi connectivity index (χ1v) is 8.67. The summed E-state index contributed by atoms with van der Waals surface area (Å²) < 4.78 is 6.50. The Kier molecular flexibility index (Phi) is 9.77. The molecule has 0 heterocycles. The van der Waals surface area contributed by atoms with Gasteiger partial charge in [-0.2, -0.15) is 0 Å². The van der Waals surface area contributed by atoms with Crippen LogP contribution in [0.4, 0.5) is 5.69 Å². The third kappa shape index (κ3) is 7.30. The van der Waals surface area contributed by atoms with Crippen molar-refractivity contribution in [3.63, 3.8) is 0 Å². The van der Waals surface area contributed by atoms with Gasteiger partial charge in [-0.15, -0.1) is 0 Å². The molecule has 0 aromatic heterocycles. The van der Waals surface area contributed by atoms with Crippen molar-refractivity contribution in [3.8, 4) is 0 Å². The van der Waals surface area contributed by atoms with Crippen LogP contribution in [0.2, 0.25) is 0 Å². The second-order valence-electron chi connectivity index (χ2n) is 5.05. The van der Waals surface area contributed by atoms with E-state index < -0.39 is 0 Å². The minimum Gasteiger partial charge on any atom is -0.385 e. The molecule has 0 bridgehead atoms. The first-order valence-electron chi connectivity index (χ1n) is 7.88. The van der Waals surface area contributed by atoms with Crippen molar-refractivity contribution < 1.29 is 4.74 Å². The monoisotopic (exact) mass is 341 g/mol. The van der Waals surface area contributed by atoms with Crippen LogP contribution in [0, 0.1) is 0 Å². The highest BCUT2D eigenvalue weighted by Gasteiger charge is 2.00. The normalized spacial score (nSPS) is 10.8. The van der Waals surface area contributed by atoms with E-state index in [1.807, 2.05) is 0 Å². The summed E-state index contributed by atoms with van der Waals surface area (Å²) >= 11 is 3.53. The first kappa shape index (κ1) is 17.5. The Morgan fingerprint density at radius 2 is 1.80 bits per heavy atom. The van der Waals surface area contributed by atoms with Gasteiger partial charge in [-0.05, 0) is 49.9 Å². The second kappa shape index (κ2) is 11.2. The molecule has 114 valence electrons. The lowest BCUT2D eigenvalue weighted by molar-refractivity contribution is 0.143. The van der Waals surface area contributed by atoms with Crippen LogP contribution in [-0.4, -0.2) is 19.8 Å². The van der Waals surface area contributed by atoms with Gasteiger partial charge in [-0.25, -0.2) is 0 Å². The largest absolute Gasteiger partial charge is 0.385 e. The van der Waals surface area contributed by atoms with Crippen molar-refractivity contribution in [1.82, 2.24) is 0 Å². The molecule has 0 aliphatic carbocycles. The molecule has 0 amide bonds. The maximum absolute atomic E-state index is 5.34. The Morgan fingerprint density at radius 1 is 1.05 bits per heavy atom. The van der Waals surface area contributed by atoms with Crippen molar-refractivity contribution in [1.29, 1.82) is 0 Å². The van der Waals surface area contributed by atoms with Crippen molar-refractivity contribution >= 4 is 21.6 Å². The summed E-state index contributed by atoms with van der Waals surface area (Å²) in [5, 5.41) is 3.56. The van der Waals surface area contributed by atoms with Crippen LogP contribution < -0.4 is 5.32 Å². The fraction of sp³-hybridized carbons (Fsp3) is 0.647. The molecule has 1 aromatic carbocycles. The van der Waals surface area contributed by atoms with Crippen LogP contribution in [0.1, 0.15) is 51.5 Å².